The molecule has 63 heavy (non-hydrogen) atoms. The number of esters is 3. The van der Waals surface area contributed by atoms with Gasteiger partial charge in [-0.05, 0) is 103 Å². The van der Waals surface area contributed by atoms with Crippen molar-refractivity contribution >= 4 is 17.9 Å². The van der Waals surface area contributed by atoms with Gasteiger partial charge < -0.3 is 14.2 Å². The highest BCUT2D eigenvalue weighted by molar-refractivity contribution is 5.71. The van der Waals surface area contributed by atoms with Crippen molar-refractivity contribution in [2.45, 2.75) is 245 Å². The van der Waals surface area contributed by atoms with Gasteiger partial charge in [-0.2, -0.15) is 0 Å². The number of unbranched alkanes of at least 4 members (excludes halogenated alkanes) is 21. The predicted octanol–water partition coefficient (Wildman–Crippen LogP) is 17.2. The number of carbonyl (C=O) groups excluding carboxylic acids is 3. The molecule has 0 saturated carbocycles. The molecule has 0 amide bonds. The van der Waals surface area contributed by atoms with Crippen LogP contribution in [0.3, 0.4) is 0 Å². The van der Waals surface area contributed by atoms with Crippen LogP contribution < -0.4 is 0 Å². The van der Waals surface area contributed by atoms with Gasteiger partial charge in [-0.3, -0.25) is 14.4 Å². The highest BCUT2D eigenvalue weighted by atomic mass is 16.6. The van der Waals surface area contributed by atoms with E-state index in [0.717, 1.165) is 89.9 Å². The smallest absolute Gasteiger partial charge is 0.306 e. The Bertz CT molecular complexity index is 1240. The Morgan fingerprint density at radius 3 is 1.10 bits per heavy atom. The van der Waals surface area contributed by atoms with Crippen LogP contribution in [0.15, 0.2) is 85.1 Å². The number of rotatable bonds is 46. The molecule has 0 aliphatic carbocycles. The normalized spacial score (nSPS) is 12.7. The van der Waals surface area contributed by atoms with E-state index in [2.05, 4.69) is 106 Å². The largest absolute Gasteiger partial charge is 0.462 e. The summed E-state index contributed by atoms with van der Waals surface area (Å²) in [4.78, 5) is 37.9. The van der Waals surface area contributed by atoms with Crippen LogP contribution in [-0.4, -0.2) is 37.2 Å². The zero-order valence-corrected chi connectivity index (χ0v) is 41.1. The van der Waals surface area contributed by atoms with E-state index in [0.29, 0.717) is 19.3 Å². The monoisotopic (exact) mass is 877 g/mol. The van der Waals surface area contributed by atoms with Gasteiger partial charge in [0.1, 0.15) is 13.2 Å². The average Bonchev–Trinajstić information content (AvgIpc) is 3.28. The summed E-state index contributed by atoms with van der Waals surface area (Å²) in [5.41, 5.74) is 0. The van der Waals surface area contributed by atoms with Crippen molar-refractivity contribution in [1.29, 1.82) is 0 Å². The third kappa shape index (κ3) is 49.5. The summed E-state index contributed by atoms with van der Waals surface area (Å²) in [7, 11) is 0. The highest BCUT2D eigenvalue weighted by Gasteiger charge is 2.19. The zero-order chi connectivity index (χ0) is 45.8. The molecule has 360 valence electrons. The summed E-state index contributed by atoms with van der Waals surface area (Å²) in [6.07, 6.45) is 65.7. The lowest BCUT2D eigenvalue weighted by Crippen LogP contribution is -2.30. The van der Waals surface area contributed by atoms with Gasteiger partial charge in [0.15, 0.2) is 6.10 Å². The first-order valence-corrected chi connectivity index (χ1v) is 26.1. The van der Waals surface area contributed by atoms with Crippen LogP contribution in [0.25, 0.3) is 0 Å². The van der Waals surface area contributed by atoms with Gasteiger partial charge >= 0.3 is 17.9 Å². The predicted molar refractivity (Wildman–Crippen MR) is 270 cm³/mol. The van der Waals surface area contributed by atoms with Gasteiger partial charge in [0, 0.05) is 19.3 Å². The first kappa shape index (κ1) is 59.6. The molecule has 0 fully saturated rings. The topological polar surface area (TPSA) is 78.9 Å². The second-order valence-electron chi connectivity index (χ2n) is 17.0. The molecule has 0 radical (unpaired) electrons. The number of allylic oxidation sites excluding steroid dienone is 14. The van der Waals surface area contributed by atoms with Crippen LogP contribution in [0.5, 0.6) is 0 Å². The lowest BCUT2D eigenvalue weighted by molar-refractivity contribution is -0.167. The van der Waals surface area contributed by atoms with Crippen molar-refractivity contribution in [2.75, 3.05) is 13.2 Å². The minimum absolute atomic E-state index is 0.101. The molecule has 0 aromatic carbocycles. The van der Waals surface area contributed by atoms with Crippen molar-refractivity contribution in [3.05, 3.63) is 85.1 Å². The maximum absolute atomic E-state index is 12.8. The summed E-state index contributed by atoms with van der Waals surface area (Å²) in [5.74, 6) is -0.976. The first-order valence-electron chi connectivity index (χ1n) is 26.1. The van der Waals surface area contributed by atoms with Crippen molar-refractivity contribution in [3.8, 4) is 0 Å². The molecule has 1 atom stereocenters. The molecule has 0 N–H and O–H groups in total. The lowest BCUT2D eigenvalue weighted by Gasteiger charge is -2.18. The standard InChI is InChI=1S/C57H96O6/c1-4-7-10-13-16-19-22-24-26-28-30-32-35-38-41-44-47-50-56(59)62-53-54(52-61-55(58)49-46-43-40-37-34-21-18-15-12-9-6-3)63-57(60)51-48-45-42-39-36-33-31-29-27-25-23-20-17-14-11-8-5-2/h7,10,15-16,18-19,24-27,30,32,38,41,54H,4-6,8-9,11-14,17,20-23,28-29,31,33-37,39-40,42-53H2,1-3H3/b10-7-,18-15-,19-16-,26-24-,27-25-,32-30-,41-38-. The number of hydrogen-bond donors (Lipinski definition) is 0. The van der Waals surface area contributed by atoms with Gasteiger partial charge in [-0.1, -0.05) is 202 Å². The molecule has 0 aliphatic heterocycles. The fraction of sp³-hybridized carbons (Fsp3) is 0.702. The number of hydrogen-bond acceptors (Lipinski definition) is 6. The molecule has 6 heteroatoms. The van der Waals surface area contributed by atoms with Crippen molar-refractivity contribution in [3.63, 3.8) is 0 Å². The first-order chi connectivity index (χ1) is 31.0. The van der Waals surface area contributed by atoms with E-state index >= 15 is 0 Å². The van der Waals surface area contributed by atoms with Crippen LogP contribution in [0.4, 0.5) is 0 Å². The maximum atomic E-state index is 12.8. The molecular formula is C57H96O6. The number of ether oxygens (including phenoxy) is 3. The Morgan fingerprint density at radius 2 is 0.651 bits per heavy atom. The summed E-state index contributed by atoms with van der Waals surface area (Å²) >= 11 is 0. The van der Waals surface area contributed by atoms with E-state index in [1.807, 2.05) is 0 Å². The SMILES string of the molecule is CC/C=C\C/C=C\C/C=C\C/C=C\C/C=C\CCCC(=O)OCC(COC(=O)CCCCCCC/C=C\CCCC)OC(=O)CCCCCCCCC/C=C\CCCCCCCC. The molecular weight excluding hydrogens is 781 g/mol. The molecule has 0 bridgehead atoms. The van der Waals surface area contributed by atoms with E-state index in [1.54, 1.807) is 0 Å². The fourth-order valence-corrected chi connectivity index (χ4v) is 6.92. The third-order valence-corrected chi connectivity index (χ3v) is 10.9. The van der Waals surface area contributed by atoms with Crippen molar-refractivity contribution < 1.29 is 28.6 Å². The van der Waals surface area contributed by atoms with E-state index in [9.17, 15) is 14.4 Å². The summed E-state index contributed by atoms with van der Waals surface area (Å²) in [6, 6.07) is 0. The van der Waals surface area contributed by atoms with Gasteiger partial charge in [-0.25, -0.2) is 0 Å². The van der Waals surface area contributed by atoms with Crippen LogP contribution in [0, 0.1) is 0 Å². The van der Waals surface area contributed by atoms with Crippen LogP contribution in [0.1, 0.15) is 239 Å². The Balaban J connectivity index is 4.47. The fourth-order valence-electron chi connectivity index (χ4n) is 6.92. The van der Waals surface area contributed by atoms with Gasteiger partial charge in [0.05, 0.1) is 0 Å². The minimum atomic E-state index is -0.804. The van der Waals surface area contributed by atoms with E-state index < -0.39 is 6.10 Å². The molecule has 0 rings (SSSR count). The Kier molecular flexibility index (Phi) is 48.5. The van der Waals surface area contributed by atoms with Gasteiger partial charge in [-0.15, -0.1) is 0 Å². The van der Waals surface area contributed by atoms with Gasteiger partial charge in [0.2, 0.25) is 0 Å². The van der Waals surface area contributed by atoms with Crippen LogP contribution in [-0.2, 0) is 28.6 Å². The molecule has 0 aliphatic rings. The highest BCUT2D eigenvalue weighted by Crippen LogP contribution is 2.14. The lowest BCUT2D eigenvalue weighted by atomic mass is 10.1. The number of carbonyl (C=O) groups is 3. The Hall–Kier alpha value is -3.41. The quantitative estimate of drug-likeness (QED) is 0.0262. The molecule has 1 unspecified atom stereocenters. The van der Waals surface area contributed by atoms with Gasteiger partial charge in [0.25, 0.3) is 0 Å². The third-order valence-electron chi connectivity index (χ3n) is 10.9. The Labute approximate surface area is 388 Å². The average molecular weight is 877 g/mol. The minimum Gasteiger partial charge on any atom is -0.462 e. The van der Waals surface area contributed by atoms with E-state index in [1.165, 1.54) is 103 Å². The molecule has 0 aromatic heterocycles. The van der Waals surface area contributed by atoms with Crippen LogP contribution in [0.2, 0.25) is 0 Å². The van der Waals surface area contributed by atoms with Crippen LogP contribution >= 0.6 is 0 Å². The molecule has 0 aromatic rings. The summed E-state index contributed by atoms with van der Waals surface area (Å²) in [6.45, 7) is 6.42. The second-order valence-corrected chi connectivity index (χ2v) is 17.0. The Morgan fingerprint density at radius 1 is 0.333 bits per heavy atom. The zero-order valence-electron chi connectivity index (χ0n) is 41.1. The molecule has 0 spiro atoms. The second kappa shape index (κ2) is 51.2. The molecule has 0 saturated heterocycles. The van der Waals surface area contributed by atoms with Crippen molar-refractivity contribution in [1.82, 2.24) is 0 Å². The molecule has 6 nitrogen and oxygen atoms in total. The van der Waals surface area contributed by atoms with E-state index in [-0.39, 0.29) is 37.5 Å². The van der Waals surface area contributed by atoms with Crippen molar-refractivity contribution in [2.24, 2.45) is 0 Å². The summed E-state index contributed by atoms with van der Waals surface area (Å²) < 4.78 is 16.7. The maximum Gasteiger partial charge on any atom is 0.306 e. The molecule has 0 heterocycles. The summed E-state index contributed by atoms with van der Waals surface area (Å²) in [5, 5.41) is 0. The van der Waals surface area contributed by atoms with E-state index in [4.69, 9.17) is 14.2 Å².